The van der Waals surface area contributed by atoms with Crippen molar-refractivity contribution in [3.8, 4) is 5.75 Å². The number of imide groups is 1. The molecule has 0 radical (unpaired) electrons. The molecule has 22 heavy (non-hydrogen) atoms. The lowest BCUT2D eigenvalue weighted by Gasteiger charge is -2.19. The predicted octanol–water partition coefficient (Wildman–Crippen LogP) is 1.66. The summed E-state index contributed by atoms with van der Waals surface area (Å²) in [5.74, 6) is -0.924. The van der Waals surface area contributed by atoms with Crippen LogP contribution in [0.2, 0.25) is 0 Å². The summed E-state index contributed by atoms with van der Waals surface area (Å²) in [7, 11) is 1.13. The number of benzene rings is 1. The Hall–Kier alpha value is -2.57. The maximum Gasteiger partial charge on any atom is 0.413 e. The minimum absolute atomic E-state index is 0.374. The quantitative estimate of drug-likeness (QED) is 0.804. The number of carbonyl (C=O) groups excluding carboxylic acids is 3. The van der Waals surface area contributed by atoms with Crippen molar-refractivity contribution < 1.29 is 28.6 Å². The Kier molecular flexibility index (Phi) is 6.88. The summed E-state index contributed by atoms with van der Waals surface area (Å²) in [6, 6.07) is 8.80. The number of carbonyl (C=O) groups is 3. The number of esters is 1. The number of ether oxygens (including phenoxy) is 3. The second-order valence-corrected chi connectivity index (χ2v) is 4.39. The van der Waals surface area contributed by atoms with Gasteiger partial charge in [-0.3, -0.25) is 10.1 Å². The minimum atomic E-state index is -1.14. The average Bonchev–Trinajstić information content (AvgIpc) is 2.53. The van der Waals surface area contributed by atoms with E-state index in [1.807, 2.05) is 11.4 Å². The first-order valence-electron chi connectivity index (χ1n) is 6.79. The number of methoxy groups -OCH3 is 1. The predicted molar refractivity (Wildman–Crippen MR) is 77.3 cm³/mol. The Morgan fingerprint density at radius 3 is 2.36 bits per heavy atom. The standard InChI is InChI=1S/C15H19NO6/c1-4-12(22-11-8-6-5-7-9-11)14(18)21-10(2)13(17)16-15(19)20-3/h5-10,12H,4H2,1-3H3,(H,16,17,19)/t10-,12-/m1/s1. The van der Waals surface area contributed by atoms with Gasteiger partial charge in [0.25, 0.3) is 5.91 Å². The van der Waals surface area contributed by atoms with E-state index in [9.17, 15) is 14.4 Å². The molecule has 0 fully saturated rings. The van der Waals surface area contributed by atoms with Gasteiger partial charge >= 0.3 is 12.1 Å². The Bertz CT molecular complexity index is 516. The highest BCUT2D eigenvalue weighted by atomic mass is 16.6. The topological polar surface area (TPSA) is 90.9 Å². The molecule has 0 aliphatic rings. The fourth-order valence-electron chi connectivity index (χ4n) is 1.52. The second-order valence-electron chi connectivity index (χ2n) is 4.39. The van der Waals surface area contributed by atoms with Gasteiger partial charge in [0, 0.05) is 0 Å². The summed E-state index contributed by atoms with van der Waals surface area (Å²) >= 11 is 0. The Morgan fingerprint density at radius 1 is 1.18 bits per heavy atom. The van der Waals surface area contributed by atoms with Crippen LogP contribution in [0, 0.1) is 0 Å². The van der Waals surface area contributed by atoms with Crippen molar-refractivity contribution >= 4 is 18.0 Å². The number of nitrogens with one attached hydrogen (secondary N) is 1. The van der Waals surface area contributed by atoms with Gasteiger partial charge in [0.1, 0.15) is 5.75 Å². The maximum absolute atomic E-state index is 12.0. The molecule has 1 rings (SSSR count). The second kappa shape index (κ2) is 8.66. The molecule has 1 aromatic rings. The van der Waals surface area contributed by atoms with E-state index < -0.39 is 30.2 Å². The van der Waals surface area contributed by atoms with Crippen molar-refractivity contribution in [2.75, 3.05) is 7.11 Å². The van der Waals surface area contributed by atoms with Crippen LogP contribution in [0.5, 0.6) is 5.75 Å². The van der Waals surface area contributed by atoms with Crippen LogP contribution in [-0.2, 0) is 19.1 Å². The molecule has 0 unspecified atom stereocenters. The zero-order chi connectivity index (χ0) is 16.5. The van der Waals surface area contributed by atoms with E-state index in [0.29, 0.717) is 12.2 Å². The summed E-state index contributed by atoms with van der Waals surface area (Å²) in [5, 5.41) is 1.92. The number of rotatable bonds is 6. The van der Waals surface area contributed by atoms with E-state index in [1.165, 1.54) is 6.92 Å². The highest BCUT2D eigenvalue weighted by Crippen LogP contribution is 2.13. The molecule has 0 aliphatic heterocycles. The summed E-state index contributed by atoms with van der Waals surface area (Å²) in [4.78, 5) is 34.5. The van der Waals surface area contributed by atoms with Gasteiger partial charge in [-0.05, 0) is 25.5 Å². The molecular weight excluding hydrogens is 290 g/mol. The van der Waals surface area contributed by atoms with Gasteiger partial charge in [-0.2, -0.15) is 0 Å². The van der Waals surface area contributed by atoms with Gasteiger partial charge in [-0.25, -0.2) is 9.59 Å². The van der Waals surface area contributed by atoms with Crippen molar-refractivity contribution in [1.82, 2.24) is 5.32 Å². The molecule has 1 N–H and O–H groups in total. The van der Waals surface area contributed by atoms with Crippen molar-refractivity contribution in [3.63, 3.8) is 0 Å². The van der Waals surface area contributed by atoms with E-state index in [4.69, 9.17) is 9.47 Å². The molecule has 0 saturated heterocycles. The molecule has 0 aliphatic carbocycles. The first-order valence-corrected chi connectivity index (χ1v) is 6.79. The van der Waals surface area contributed by atoms with Crippen LogP contribution in [0.3, 0.4) is 0 Å². The van der Waals surface area contributed by atoms with Crippen LogP contribution in [0.25, 0.3) is 0 Å². The van der Waals surface area contributed by atoms with Gasteiger partial charge in [0.2, 0.25) is 0 Å². The Morgan fingerprint density at radius 2 is 1.82 bits per heavy atom. The third-order valence-corrected chi connectivity index (χ3v) is 2.73. The Balaban J connectivity index is 2.57. The summed E-state index contributed by atoms with van der Waals surface area (Å²) in [5.41, 5.74) is 0. The lowest BCUT2D eigenvalue weighted by Crippen LogP contribution is -2.41. The van der Waals surface area contributed by atoms with Crippen LogP contribution in [0.15, 0.2) is 30.3 Å². The van der Waals surface area contributed by atoms with E-state index in [2.05, 4.69) is 4.74 Å². The lowest BCUT2D eigenvalue weighted by atomic mass is 10.2. The lowest BCUT2D eigenvalue weighted by molar-refractivity contribution is -0.161. The molecular formula is C15H19NO6. The molecule has 7 heteroatoms. The van der Waals surface area contributed by atoms with Gasteiger partial charge in [0.15, 0.2) is 12.2 Å². The monoisotopic (exact) mass is 309 g/mol. The van der Waals surface area contributed by atoms with Gasteiger partial charge in [-0.15, -0.1) is 0 Å². The third kappa shape index (κ3) is 5.43. The molecule has 0 aromatic heterocycles. The number of hydrogen-bond acceptors (Lipinski definition) is 6. The molecule has 0 spiro atoms. The van der Waals surface area contributed by atoms with E-state index in [0.717, 1.165) is 7.11 Å². The number of amides is 2. The van der Waals surface area contributed by atoms with Crippen LogP contribution in [0.4, 0.5) is 4.79 Å². The summed E-state index contributed by atoms with van der Waals surface area (Å²) < 4.78 is 14.8. The minimum Gasteiger partial charge on any atom is -0.479 e. The first kappa shape index (κ1) is 17.5. The van der Waals surface area contributed by atoms with Crippen LogP contribution >= 0.6 is 0 Å². The number of hydrogen-bond donors (Lipinski definition) is 1. The van der Waals surface area contributed by atoms with Gasteiger partial charge < -0.3 is 14.2 Å². The highest BCUT2D eigenvalue weighted by molar-refractivity contribution is 5.95. The smallest absolute Gasteiger partial charge is 0.413 e. The molecule has 120 valence electrons. The zero-order valence-electron chi connectivity index (χ0n) is 12.7. The molecule has 1 aromatic carbocycles. The number of para-hydroxylation sites is 1. The average molecular weight is 309 g/mol. The zero-order valence-corrected chi connectivity index (χ0v) is 12.7. The van der Waals surface area contributed by atoms with Gasteiger partial charge in [0.05, 0.1) is 7.11 Å². The van der Waals surface area contributed by atoms with Gasteiger partial charge in [-0.1, -0.05) is 25.1 Å². The van der Waals surface area contributed by atoms with Crippen molar-refractivity contribution in [2.24, 2.45) is 0 Å². The molecule has 0 bridgehead atoms. The molecule has 2 amide bonds. The molecule has 2 atom stereocenters. The first-order chi connectivity index (χ1) is 10.5. The van der Waals surface area contributed by atoms with Crippen molar-refractivity contribution in [1.29, 1.82) is 0 Å². The van der Waals surface area contributed by atoms with E-state index in [1.54, 1.807) is 31.2 Å². The maximum atomic E-state index is 12.0. The summed E-state index contributed by atoms with van der Waals surface area (Å²) in [6.07, 6.45) is -2.52. The fourth-order valence-corrected chi connectivity index (χ4v) is 1.52. The normalized spacial score (nSPS) is 12.7. The van der Waals surface area contributed by atoms with E-state index >= 15 is 0 Å². The molecule has 0 heterocycles. The Labute approximate surface area is 128 Å². The van der Waals surface area contributed by atoms with E-state index in [-0.39, 0.29) is 0 Å². The van der Waals surface area contributed by atoms with Crippen LogP contribution in [0.1, 0.15) is 20.3 Å². The SMILES string of the molecule is CC[C@@H](Oc1ccccc1)C(=O)O[C@H](C)C(=O)NC(=O)OC. The molecule has 0 saturated carbocycles. The fraction of sp³-hybridized carbons (Fsp3) is 0.400. The third-order valence-electron chi connectivity index (χ3n) is 2.73. The van der Waals surface area contributed by atoms with Crippen LogP contribution < -0.4 is 10.1 Å². The molecule has 7 nitrogen and oxygen atoms in total. The highest BCUT2D eigenvalue weighted by Gasteiger charge is 2.26. The largest absolute Gasteiger partial charge is 0.479 e. The van der Waals surface area contributed by atoms with Crippen molar-refractivity contribution in [3.05, 3.63) is 30.3 Å². The van der Waals surface area contributed by atoms with Crippen LogP contribution in [-0.4, -0.2) is 37.3 Å². The van der Waals surface area contributed by atoms with Crippen molar-refractivity contribution in [2.45, 2.75) is 32.5 Å². The summed E-state index contributed by atoms with van der Waals surface area (Å²) in [6.45, 7) is 3.11. The number of alkyl carbamates (subject to hydrolysis) is 1.